The minimum absolute atomic E-state index is 0. The van der Waals surface area contributed by atoms with Gasteiger partial charge in [0.25, 0.3) is 0 Å². The number of hydrogen-bond acceptors (Lipinski definition) is 6. The molecule has 1 aliphatic rings. The van der Waals surface area contributed by atoms with E-state index in [1.807, 2.05) is 24.3 Å². The highest BCUT2D eigenvalue weighted by Crippen LogP contribution is 2.31. The number of benzene rings is 2. The zero-order valence-electron chi connectivity index (χ0n) is 15.0. The molecule has 0 spiro atoms. The van der Waals surface area contributed by atoms with Crippen LogP contribution in [0.15, 0.2) is 36.4 Å². The molecule has 0 radical (unpaired) electrons. The zero-order chi connectivity index (χ0) is 18.4. The molecule has 2 N–H and O–H groups in total. The van der Waals surface area contributed by atoms with Gasteiger partial charge < -0.3 is 24.8 Å². The molecule has 0 aromatic heterocycles. The summed E-state index contributed by atoms with van der Waals surface area (Å²) in [6, 6.07) is 11.1. The second kappa shape index (κ2) is 10.1. The van der Waals surface area contributed by atoms with Gasteiger partial charge in [-0.25, -0.2) is 4.79 Å². The van der Waals surface area contributed by atoms with E-state index in [1.165, 1.54) is 7.11 Å². The lowest BCUT2D eigenvalue weighted by Crippen LogP contribution is -2.43. The van der Waals surface area contributed by atoms with Crippen molar-refractivity contribution in [1.29, 1.82) is 0 Å². The SMILES string of the molecule is COC(=O)COc1ccc(NC(=O)CC2COCCN2)c2ccccc12.Cl. The van der Waals surface area contributed by atoms with Crippen LogP contribution in [0, 0.1) is 0 Å². The number of rotatable bonds is 6. The number of esters is 1. The first-order valence-electron chi connectivity index (χ1n) is 8.49. The fraction of sp³-hybridized carbons (Fsp3) is 0.368. The monoisotopic (exact) mass is 394 g/mol. The van der Waals surface area contributed by atoms with Crippen LogP contribution in [0.5, 0.6) is 5.75 Å². The van der Waals surface area contributed by atoms with Gasteiger partial charge >= 0.3 is 5.97 Å². The van der Waals surface area contributed by atoms with E-state index in [0.717, 1.165) is 17.3 Å². The molecule has 0 bridgehead atoms. The summed E-state index contributed by atoms with van der Waals surface area (Å²) in [6.07, 6.45) is 0.342. The molecule has 1 atom stereocenters. The molecule has 7 nitrogen and oxygen atoms in total. The molecule has 1 saturated heterocycles. The molecule has 27 heavy (non-hydrogen) atoms. The third-order valence-corrected chi connectivity index (χ3v) is 4.16. The maximum absolute atomic E-state index is 12.4. The largest absolute Gasteiger partial charge is 0.481 e. The predicted octanol–water partition coefficient (Wildman–Crippen LogP) is 2.13. The smallest absolute Gasteiger partial charge is 0.343 e. The lowest BCUT2D eigenvalue weighted by atomic mass is 10.1. The maximum atomic E-state index is 12.4. The molecule has 1 unspecified atom stereocenters. The van der Waals surface area contributed by atoms with Crippen molar-refractivity contribution in [2.75, 3.05) is 38.8 Å². The summed E-state index contributed by atoms with van der Waals surface area (Å²) in [7, 11) is 1.31. The van der Waals surface area contributed by atoms with Crippen LogP contribution in [0.3, 0.4) is 0 Å². The van der Waals surface area contributed by atoms with Gasteiger partial charge in [0.05, 0.1) is 20.3 Å². The highest BCUT2D eigenvalue weighted by molar-refractivity contribution is 6.04. The Morgan fingerprint density at radius 2 is 2.00 bits per heavy atom. The van der Waals surface area contributed by atoms with Gasteiger partial charge in [-0.15, -0.1) is 12.4 Å². The minimum Gasteiger partial charge on any atom is -0.481 e. The molecule has 1 amide bonds. The summed E-state index contributed by atoms with van der Waals surface area (Å²) in [5.74, 6) is 0.0291. The van der Waals surface area contributed by atoms with E-state index in [2.05, 4.69) is 15.4 Å². The molecule has 146 valence electrons. The predicted molar refractivity (Wildman–Crippen MR) is 105 cm³/mol. The van der Waals surface area contributed by atoms with Crippen LogP contribution in [-0.2, 0) is 19.1 Å². The topological polar surface area (TPSA) is 85.9 Å². The van der Waals surface area contributed by atoms with Gasteiger partial charge in [0.1, 0.15) is 5.75 Å². The number of morpholine rings is 1. The number of carbonyl (C=O) groups excluding carboxylic acids is 2. The van der Waals surface area contributed by atoms with Crippen molar-refractivity contribution in [1.82, 2.24) is 5.32 Å². The van der Waals surface area contributed by atoms with E-state index in [1.54, 1.807) is 12.1 Å². The van der Waals surface area contributed by atoms with Gasteiger partial charge in [-0.05, 0) is 12.1 Å². The normalized spacial score (nSPS) is 16.3. The molecule has 2 aromatic rings. The molecule has 3 rings (SSSR count). The Balaban J connectivity index is 0.00000261. The first-order valence-corrected chi connectivity index (χ1v) is 8.49. The average Bonchev–Trinajstić information content (AvgIpc) is 2.67. The average molecular weight is 395 g/mol. The number of carbonyl (C=O) groups is 2. The van der Waals surface area contributed by atoms with E-state index in [0.29, 0.717) is 31.1 Å². The van der Waals surface area contributed by atoms with E-state index in [-0.39, 0.29) is 31.0 Å². The Hall–Kier alpha value is -2.35. The fourth-order valence-corrected chi connectivity index (χ4v) is 2.88. The van der Waals surface area contributed by atoms with Crippen molar-refractivity contribution in [2.45, 2.75) is 12.5 Å². The maximum Gasteiger partial charge on any atom is 0.343 e. The summed E-state index contributed by atoms with van der Waals surface area (Å²) in [6.45, 7) is 1.80. The lowest BCUT2D eigenvalue weighted by Gasteiger charge is -2.23. The number of fused-ring (bicyclic) bond motifs is 1. The Morgan fingerprint density at radius 1 is 1.22 bits per heavy atom. The number of ether oxygens (including phenoxy) is 3. The molecular weight excluding hydrogens is 372 g/mol. The van der Waals surface area contributed by atoms with Crippen LogP contribution < -0.4 is 15.4 Å². The van der Waals surface area contributed by atoms with Crippen molar-refractivity contribution < 1.29 is 23.8 Å². The number of nitrogens with one attached hydrogen (secondary N) is 2. The quantitative estimate of drug-likeness (QED) is 0.730. The van der Waals surface area contributed by atoms with Crippen molar-refractivity contribution in [3.05, 3.63) is 36.4 Å². The second-order valence-electron chi connectivity index (χ2n) is 6.00. The first kappa shape index (κ1) is 21.0. The molecule has 1 aliphatic heterocycles. The molecular formula is C19H23ClN2O5. The van der Waals surface area contributed by atoms with E-state index >= 15 is 0 Å². The fourth-order valence-electron chi connectivity index (χ4n) is 2.88. The van der Waals surface area contributed by atoms with Crippen LogP contribution in [-0.4, -0.2) is 51.4 Å². The molecule has 0 saturated carbocycles. The van der Waals surface area contributed by atoms with E-state index < -0.39 is 5.97 Å². The van der Waals surface area contributed by atoms with E-state index in [4.69, 9.17) is 9.47 Å². The van der Waals surface area contributed by atoms with Gasteiger partial charge in [0.15, 0.2) is 6.61 Å². The van der Waals surface area contributed by atoms with Gasteiger partial charge in [-0.1, -0.05) is 24.3 Å². The molecule has 8 heteroatoms. The van der Waals surface area contributed by atoms with E-state index in [9.17, 15) is 9.59 Å². The summed E-state index contributed by atoms with van der Waals surface area (Å²) < 4.78 is 15.5. The van der Waals surface area contributed by atoms with Crippen molar-refractivity contribution in [3.63, 3.8) is 0 Å². The Kier molecular flexibility index (Phi) is 7.84. The summed E-state index contributed by atoms with van der Waals surface area (Å²) in [5, 5.41) is 7.88. The third-order valence-electron chi connectivity index (χ3n) is 4.16. The highest BCUT2D eigenvalue weighted by atomic mass is 35.5. The van der Waals surface area contributed by atoms with Crippen LogP contribution >= 0.6 is 12.4 Å². The summed E-state index contributed by atoms with van der Waals surface area (Å²) >= 11 is 0. The van der Waals surface area contributed by atoms with Crippen molar-refractivity contribution >= 4 is 40.7 Å². The van der Waals surface area contributed by atoms with Crippen molar-refractivity contribution in [2.24, 2.45) is 0 Å². The number of methoxy groups -OCH3 is 1. The van der Waals surface area contributed by atoms with Crippen LogP contribution in [0.2, 0.25) is 0 Å². The highest BCUT2D eigenvalue weighted by Gasteiger charge is 2.18. The number of amides is 1. The second-order valence-corrected chi connectivity index (χ2v) is 6.00. The van der Waals surface area contributed by atoms with Gasteiger partial charge in [-0.3, -0.25) is 4.79 Å². The van der Waals surface area contributed by atoms with Crippen LogP contribution in [0.4, 0.5) is 5.69 Å². The Bertz CT molecular complexity index is 793. The molecule has 2 aromatic carbocycles. The lowest BCUT2D eigenvalue weighted by molar-refractivity contribution is -0.142. The van der Waals surface area contributed by atoms with Crippen molar-refractivity contribution in [3.8, 4) is 5.75 Å². The number of hydrogen-bond donors (Lipinski definition) is 2. The molecule has 0 aliphatic carbocycles. The Morgan fingerprint density at radius 3 is 2.70 bits per heavy atom. The summed E-state index contributed by atoms with van der Waals surface area (Å²) in [5.41, 5.74) is 0.702. The number of halogens is 1. The number of anilines is 1. The minimum atomic E-state index is -0.450. The third kappa shape index (κ3) is 5.56. The zero-order valence-corrected chi connectivity index (χ0v) is 15.8. The van der Waals surface area contributed by atoms with Gasteiger partial charge in [0.2, 0.25) is 5.91 Å². The first-order chi connectivity index (χ1) is 12.7. The summed E-state index contributed by atoms with van der Waals surface area (Å²) in [4.78, 5) is 23.7. The Labute approximate surface area is 163 Å². The van der Waals surface area contributed by atoms with Gasteiger partial charge in [0, 0.05) is 35.5 Å². The van der Waals surface area contributed by atoms with Gasteiger partial charge in [-0.2, -0.15) is 0 Å². The van der Waals surface area contributed by atoms with Crippen LogP contribution in [0.1, 0.15) is 6.42 Å². The molecule has 1 fully saturated rings. The van der Waals surface area contributed by atoms with Crippen LogP contribution in [0.25, 0.3) is 10.8 Å². The standard InChI is InChI=1S/C19H22N2O5.ClH/c1-24-19(23)12-26-17-7-6-16(14-4-2-3-5-15(14)17)21-18(22)10-13-11-25-9-8-20-13;/h2-7,13,20H,8-12H2,1H3,(H,21,22);1H. The molecule has 1 heterocycles.